The van der Waals surface area contributed by atoms with Crippen LogP contribution in [0.2, 0.25) is 0 Å². The SMILES string of the molecule is CCCCCCCCCCCCCCCCCCOC(=O)c1ccccc1C1=c2cc3c4c(c2Oc2c1cc1c5c2CCCN5CCC1)CCC[N+]=4CCC3. The van der Waals surface area contributed by atoms with Gasteiger partial charge < -0.3 is 14.4 Å². The van der Waals surface area contributed by atoms with Gasteiger partial charge in [-0.15, -0.1) is 0 Å². The van der Waals surface area contributed by atoms with Gasteiger partial charge in [0.25, 0.3) is 0 Å². The molecule has 3 aromatic rings. The summed E-state index contributed by atoms with van der Waals surface area (Å²) in [4.78, 5) is 16.6. The molecule has 294 valence electrons. The fraction of sp³-hybridized carbons (Fsp3) is 0.600. The van der Waals surface area contributed by atoms with Gasteiger partial charge >= 0.3 is 5.97 Å². The minimum Gasteiger partial charge on any atom is -0.462 e. The summed E-state index contributed by atoms with van der Waals surface area (Å²) in [5.41, 5.74) is 11.1. The van der Waals surface area contributed by atoms with E-state index in [1.54, 1.807) is 0 Å². The minimum absolute atomic E-state index is 0.199. The first kappa shape index (κ1) is 38.3. The highest BCUT2D eigenvalue weighted by molar-refractivity contribution is 6.00. The van der Waals surface area contributed by atoms with Crippen LogP contribution in [0.5, 0.6) is 11.5 Å². The minimum atomic E-state index is -0.199. The number of ether oxygens (including phenoxy) is 2. The van der Waals surface area contributed by atoms with E-state index in [0.29, 0.717) is 12.2 Å². The third kappa shape index (κ3) is 8.42. The van der Waals surface area contributed by atoms with E-state index >= 15 is 0 Å². The Morgan fingerprint density at radius 1 is 0.673 bits per heavy atom. The average molecular weight is 744 g/mol. The van der Waals surface area contributed by atoms with Crippen molar-refractivity contribution in [3.05, 3.63) is 85.9 Å². The van der Waals surface area contributed by atoms with Gasteiger partial charge in [0.1, 0.15) is 24.6 Å². The van der Waals surface area contributed by atoms with Crippen molar-refractivity contribution in [2.45, 2.75) is 161 Å². The Kier molecular flexibility index (Phi) is 12.9. The average Bonchev–Trinajstić information content (AvgIpc) is 3.22. The number of aryl methyl sites for hydroxylation is 2. The first-order valence-corrected chi connectivity index (χ1v) is 22.9. The highest BCUT2D eigenvalue weighted by Gasteiger charge is 2.36. The molecule has 8 rings (SSSR count). The van der Waals surface area contributed by atoms with Crippen LogP contribution in [-0.2, 0) is 30.4 Å². The van der Waals surface area contributed by atoms with Gasteiger partial charge in [-0.3, -0.25) is 0 Å². The van der Waals surface area contributed by atoms with Crippen molar-refractivity contribution in [1.82, 2.24) is 4.58 Å². The van der Waals surface area contributed by atoms with Crippen molar-refractivity contribution in [3.8, 4) is 11.5 Å². The molecule has 5 aliphatic heterocycles. The molecule has 0 spiro atoms. The summed E-state index contributed by atoms with van der Waals surface area (Å²) in [6, 6.07) is 13.1. The topological polar surface area (TPSA) is 41.8 Å². The number of benzene rings is 3. The molecule has 0 amide bonds. The van der Waals surface area contributed by atoms with Gasteiger partial charge in [-0.1, -0.05) is 121 Å². The van der Waals surface area contributed by atoms with Crippen molar-refractivity contribution < 1.29 is 14.3 Å². The summed E-state index contributed by atoms with van der Waals surface area (Å²) in [5, 5.41) is 2.59. The van der Waals surface area contributed by atoms with Crippen LogP contribution in [-0.4, -0.2) is 38.8 Å². The zero-order chi connectivity index (χ0) is 37.4. The fourth-order valence-electron chi connectivity index (χ4n) is 10.6. The van der Waals surface area contributed by atoms with Crippen LogP contribution in [0.3, 0.4) is 0 Å². The molecule has 5 heteroatoms. The fourth-order valence-corrected chi connectivity index (χ4v) is 10.6. The maximum Gasteiger partial charge on any atom is 0.338 e. The largest absolute Gasteiger partial charge is 0.462 e. The van der Waals surface area contributed by atoms with E-state index in [1.165, 1.54) is 147 Å². The quantitative estimate of drug-likeness (QED) is 0.0545. The molecule has 3 aromatic carbocycles. The Labute approximate surface area is 331 Å². The van der Waals surface area contributed by atoms with E-state index in [0.717, 1.165) is 100 Å². The second kappa shape index (κ2) is 18.6. The van der Waals surface area contributed by atoms with Crippen molar-refractivity contribution in [1.29, 1.82) is 0 Å². The first-order valence-electron chi connectivity index (χ1n) is 22.9. The Bertz CT molecular complexity index is 1950. The molecular weight excluding hydrogens is 677 g/mol. The predicted molar refractivity (Wildman–Crippen MR) is 227 cm³/mol. The molecule has 0 unspecified atom stereocenters. The van der Waals surface area contributed by atoms with E-state index in [2.05, 4.69) is 40.7 Å². The number of nitrogens with zero attached hydrogens (tertiary/aromatic N) is 2. The maximum atomic E-state index is 14.0. The van der Waals surface area contributed by atoms with Gasteiger partial charge in [-0.05, 0) is 74.3 Å². The number of carbonyl (C=O) groups excluding carboxylic acids is 1. The summed E-state index contributed by atoms with van der Waals surface area (Å²) < 4.78 is 15.9. The predicted octanol–water partition coefficient (Wildman–Crippen LogP) is 10.5. The van der Waals surface area contributed by atoms with Crippen molar-refractivity contribution >= 4 is 17.2 Å². The van der Waals surface area contributed by atoms with Crippen molar-refractivity contribution in [2.75, 3.05) is 37.7 Å². The smallest absolute Gasteiger partial charge is 0.338 e. The van der Waals surface area contributed by atoms with E-state index in [4.69, 9.17) is 9.47 Å². The summed E-state index contributed by atoms with van der Waals surface area (Å²) >= 11 is 0. The van der Waals surface area contributed by atoms with Gasteiger partial charge in [-0.25, -0.2) is 9.37 Å². The summed E-state index contributed by atoms with van der Waals surface area (Å²) in [5.74, 6) is 1.87. The lowest BCUT2D eigenvalue weighted by Crippen LogP contribution is -2.45. The van der Waals surface area contributed by atoms with Crippen LogP contribution in [0.4, 0.5) is 5.69 Å². The highest BCUT2D eigenvalue weighted by Crippen LogP contribution is 2.48. The number of unbranched alkanes of at least 4 members (excludes halogenated alkanes) is 15. The Hall–Kier alpha value is -3.60. The molecule has 5 aliphatic rings. The summed E-state index contributed by atoms with van der Waals surface area (Å²) in [6.45, 7) is 7.31. The molecule has 0 fully saturated rings. The van der Waals surface area contributed by atoms with Crippen LogP contribution in [0, 0.1) is 0 Å². The normalized spacial score (nSPS) is 16.6. The van der Waals surface area contributed by atoms with E-state index in [-0.39, 0.29) is 5.97 Å². The third-order valence-electron chi connectivity index (χ3n) is 13.3. The van der Waals surface area contributed by atoms with Gasteiger partial charge in [0, 0.05) is 59.1 Å². The number of hydrogen-bond acceptors (Lipinski definition) is 4. The molecule has 0 atom stereocenters. The van der Waals surface area contributed by atoms with Crippen LogP contribution in [0.15, 0.2) is 36.4 Å². The lowest BCUT2D eigenvalue weighted by molar-refractivity contribution is 0.0497. The number of anilines is 1. The highest BCUT2D eigenvalue weighted by atomic mass is 16.5. The second-order valence-corrected chi connectivity index (χ2v) is 17.3. The van der Waals surface area contributed by atoms with Gasteiger partial charge in [0.2, 0.25) is 5.36 Å². The van der Waals surface area contributed by atoms with Crippen LogP contribution < -0.4 is 24.8 Å². The molecule has 0 aliphatic carbocycles. The zero-order valence-electron chi connectivity index (χ0n) is 34.1. The number of hydrogen-bond donors (Lipinski definition) is 0. The summed E-state index contributed by atoms with van der Waals surface area (Å²) in [6.07, 6.45) is 30.3. The molecule has 0 saturated heterocycles. The first-order chi connectivity index (χ1) is 27.2. The van der Waals surface area contributed by atoms with Crippen LogP contribution in [0.25, 0.3) is 5.57 Å². The molecule has 0 aromatic heterocycles. The molecule has 0 radical (unpaired) electrons. The van der Waals surface area contributed by atoms with Crippen molar-refractivity contribution in [2.24, 2.45) is 0 Å². The molecular formula is C50H67N2O3+. The molecule has 55 heavy (non-hydrogen) atoms. The van der Waals surface area contributed by atoms with Crippen LogP contribution in [0.1, 0.15) is 179 Å². The molecule has 0 N–H and O–H groups in total. The van der Waals surface area contributed by atoms with Gasteiger partial charge in [-0.2, -0.15) is 0 Å². The standard InChI is InChI=1S/C50H67N2O3/c1-2-3-4-5-6-7-8-9-10-11-12-13-14-15-16-19-34-54-50(53)40-27-18-17-26-39(40)45-43-35-37-24-20-30-51-32-22-28-41(46(37)51)48(43)55-49-42-29-23-33-52-31-21-25-38(47(42)52)36-44(45)49/h17-18,26-27,35-36H,2-16,19-25,28-34H2,1H3/q+1. The Morgan fingerprint density at radius 2 is 1.29 bits per heavy atom. The number of esters is 1. The Morgan fingerprint density at radius 3 is 2.02 bits per heavy atom. The lowest BCUT2D eigenvalue weighted by Gasteiger charge is -2.39. The molecule has 0 saturated carbocycles. The second-order valence-electron chi connectivity index (χ2n) is 17.3. The lowest BCUT2D eigenvalue weighted by atomic mass is 9.82. The monoisotopic (exact) mass is 744 g/mol. The van der Waals surface area contributed by atoms with E-state index in [1.807, 2.05) is 12.1 Å². The molecule has 5 heterocycles. The number of carbonyl (C=O) groups is 1. The zero-order valence-corrected chi connectivity index (χ0v) is 34.1. The maximum absolute atomic E-state index is 14.0. The van der Waals surface area contributed by atoms with E-state index in [9.17, 15) is 4.79 Å². The van der Waals surface area contributed by atoms with Gasteiger partial charge in [0.15, 0.2) is 0 Å². The molecule has 5 nitrogen and oxygen atoms in total. The third-order valence-corrected chi connectivity index (χ3v) is 13.3. The van der Waals surface area contributed by atoms with Gasteiger partial charge in [0.05, 0.1) is 17.7 Å². The van der Waals surface area contributed by atoms with Crippen molar-refractivity contribution in [3.63, 3.8) is 0 Å². The molecule has 0 bridgehead atoms. The van der Waals surface area contributed by atoms with E-state index < -0.39 is 0 Å². The summed E-state index contributed by atoms with van der Waals surface area (Å²) in [7, 11) is 0. The Balaban J connectivity index is 0.956. The number of rotatable bonds is 19. The number of fused-ring (bicyclic) bond motifs is 4. The van der Waals surface area contributed by atoms with Crippen LogP contribution >= 0.6 is 0 Å².